The van der Waals surface area contributed by atoms with Crippen LogP contribution >= 0.6 is 0 Å². The molecule has 1 spiro atoms. The van der Waals surface area contributed by atoms with Crippen molar-refractivity contribution < 1.29 is 9.59 Å². The van der Waals surface area contributed by atoms with Gasteiger partial charge >= 0.3 is 0 Å². The first-order valence-electron chi connectivity index (χ1n) is 12.5. The highest BCUT2D eigenvalue weighted by Crippen LogP contribution is 2.43. The molecule has 8 heteroatoms. The third kappa shape index (κ3) is 4.63. The fourth-order valence-corrected chi connectivity index (χ4v) is 5.48. The quantitative estimate of drug-likeness (QED) is 0.510. The van der Waals surface area contributed by atoms with Crippen LogP contribution in [-0.4, -0.2) is 49.2 Å². The summed E-state index contributed by atoms with van der Waals surface area (Å²) in [6.07, 6.45) is 3.32. The summed E-state index contributed by atoms with van der Waals surface area (Å²) in [6.45, 7) is 9.70. The third-order valence-corrected chi connectivity index (χ3v) is 7.32. The van der Waals surface area contributed by atoms with Crippen LogP contribution in [-0.2, 0) is 29.2 Å². The molecule has 186 valence electrons. The lowest BCUT2D eigenvalue weighted by Crippen LogP contribution is -2.44. The van der Waals surface area contributed by atoms with Gasteiger partial charge < -0.3 is 4.57 Å². The van der Waals surface area contributed by atoms with Gasteiger partial charge in [0.1, 0.15) is 11.7 Å². The first-order valence-corrected chi connectivity index (χ1v) is 12.5. The maximum Gasteiger partial charge on any atom is 0.236 e. The fraction of sp³-hybridized carbons (Fsp3) is 0.464. The van der Waals surface area contributed by atoms with Crippen LogP contribution in [0.5, 0.6) is 0 Å². The Morgan fingerprint density at radius 2 is 1.81 bits per heavy atom. The predicted molar refractivity (Wildman–Crippen MR) is 135 cm³/mol. The topological polar surface area (TPSA) is 95.1 Å². The van der Waals surface area contributed by atoms with Gasteiger partial charge in [-0.25, -0.2) is 9.97 Å². The zero-order chi connectivity index (χ0) is 25.5. The molecule has 0 bridgehead atoms. The summed E-state index contributed by atoms with van der Waals surface area (Å²) in [5.41, 5.74) is 2.10. The van der Waals surface area contributed by atoms with Gasteiger partial charge in [-0.05, 0) is 43.0 Å². The van der Waals surface area contributed by atoms with Crippen molar-refractivity contribution in [2.45, 2.75) is 59.7 Å². The van der Waals surface area contributed by atoms with E-state index < -0.39 is 5.41 Å². The molecule has 2 saturated heterocycles. The monoisotopic (exact) mass is 484 g/mol. The van der Waals surface area contributed by atoms with E-state index in [1.807, 2.05) is 34.9 Å². The lowest BCUT2D eigenvalue weighted by atomic mass is 9.77. The Hall–Kier alpha value is -3.57. The smallest absolute Gasteiger partial charge is 0.236 e. The van der Waals surface area contributed by atoms with E-state index in [-0.39, 0.29) is 36.0 Å². The van der Waals surface area contributed by atoms with Crippen LogP contribution in [0.2, 0.25) is 0 Å². The molecule has 1 aromatic carbocycles. The van der Waals surface area contributed by atoms with Crippen molar-refractivity contribution in [3.8, 4) is 6.07 Å². The molecule has 0 saturated carbocycles. The van der Waals surface area contributed by atoms with Gasteiger partial charge in [0, 0.05) is 36.8 Å². The number of carbonyl (C=O) groups is 2. The first-order chi connectivity index (χ1) is 17.2. The molecular weight excluding hydrogens is 452 g/mol. The summed E-state index contributed by atoms with van der Waals surface area (Å²) >= 11 is 0. The number of fused-ring (bicyclic) bond motifs is 1. The van der Waals surface area contributed by atoms with E-state index in [1.165, 1.54) is 10.5 Å². The predicted octanol–water partition coefficient (Wildman–Crippen LogP) is 3.89. The Morgan fingerprint density at radius 3 is 2.47 bits per heavy atom. The molecule has 0 atom stereocenters. The lowest BCUT2D eigenvalue weighted by molar-refractivity contribution is -0.143. The number of hydrogen-bond acceptors (Lipinski definition) is 6. The number of aromatic nitrogens is 3. The molecule has 3 aromatic rings. The summed E-state index contributed by atoms with van der Waals surface area (Å²) in [4.78, 5) is 39.2. The normalized spacial score (nSPS) is 18.3. The maximum absolute atomic E-state index is 13.7. The molecule has 0 unspecified atom stereocenters. The van der Waals surface area contributed by atoms with Crippen molar-refractivity contribution in [1.29, 1.82) is 5.26 Å². The zero-order valence-electron chi connectivity index (χ0n) is 21.2. The Kier molecular flexibility index (Phi) is 6.13. The number of amides is 2. The van der Waals surface area contributed by atoms with E-state index in [0.29, 0.717) is 25.0 Å². The fourth-order valence-electron chi connectivity index (χ4n) is 5.48. The standard InChI is InChI=1S/C28H32N6O2/c1-27(2,3)19-34-22(13-21-16-30-23(15-29)31-25(21)34)18-33-24(35)14-28(26(33)36)9-11-32(12-10-28)17-20-7-5-4-6-8-20/h4-8,13,16H,9-12,14,17-19H2,1-3H3. The van der Waals surface area contributed by atoms with Crippen molar-refractivity contribution >= 4 is 22.8 Å². The number of imide groups is 1. The van der Waals surface area contributed by atoms with Crippen LogP contribution in [0, 0.1) is 22.2 Å². The summed E-state index contributed by atoms with van der Waals surface area (Å²) in [5.74, 6) is -0.0482. The minimum atomic E-state index is -0.598. The Balaban J connectivity index is 1.36. The number of piperidine rings is 1. The van der Waals surface area contributed by atoms with E-state index in [4.69, 9.17) is 0 Å². The van der Waals surface area contributed by atoms with Gasteiger partial charge in [-0.1, -0.05) is 51.1 Å². The molecule has 2 aliphatic heterocycles. The van der Waals surface area contributed by atoms with E-state index in [1.54, 1.807) is 6.20 Å². The Labute approximate surface area is 211 Å². The third-order valence-electron chi connectivity index (χ3n) is 7.32. The van der Waals surface area contributed by atoms with Crippen LogP contribution < -0.4 is 0 Å². The molecule has 2 amide bonds. The van der Waals surface area contributed by atoms with Gasteiger partial charge in [-0.15, -0.1) is 0 Å². The average Bonchev–Trinajstić information content (AvgIpc) is 3.29. The second-order valence-corrected chi connectivity index (χ2v) is 11.4. The number of hydrogen-bond donors (Lipinski definition) is 0. The summed E-state index contributed by atoms with van der Waals surface area (Å²) in [6, 6.07) is 14.3. The number of benzene rings is 1. The lowest BCUT2D eigenvalue weighted by Gasteiger charge is -2.37. The van der Waals surface area contributed by atoms with E-state index in [0.717, 1.165) is 30.7 Å². The van der Waals surface area contributed by atoms with Gasteiger partial charge in [0.15, 0.2) is 0 Å². The van der Waals surface area contributed by atoms with Crippen molar-refractivity contribution in [1.82, 2.24) is 24.3 Å². The van der Waals surface area contributed by atoms with Crippen LogP contribution in [0.25, 0.3) is 11.0 Å². The number of likely N-dealkylation sites (tertiary alicyclic amines) is 2. The average molecular weight is 485 g/mol. The highest BCUT2D eigenvalue weighted by molar-refractivity contribution is 6.06. The van der Waals surface area contributed by atoms with Gasteiger partial charge in [0.05, 0.1) is 12.0 Å². The highest BCUT2D eigenvalue weighted by atomic mass is 16.2. The van der Waals surface area contributed by atoms with Gasteiger partial charge in [0.2, 0.25) is 17.6 Å². The Bertz CT molecular complexity index is 1340. The summed E-state index contributed by atoms with van der Waals surface area (Å²) in [7, 11) is 0. The molecule has 5 rings (SSSR count). The number of nitrogens with zero attached hydrogens (tertiary/aromatic N) is 6. The largest absolute Gasteiger partial charge is 0.327 e. The molecule has 8 nitrogen and oxygen atoms in total. The zero-order valence-corrected chi connectivity index (χ0v) is 21.2. The minimum Gasteiger partial charge on any atom is -0.327 e. The SMILES string of the molecule is CC(C)(C)Cn1c(CN2C(=O)CC3(CCN(Cc4ccccc4)CC3)C2=O)cc2cnc(C#N)nc21. The number of rotatable bonds is 5. The molecule has 0 N–H and O–H groups in total. The molecule has 0 radical (unpaired) electrons. The molecule has 2 aliphatic rings. The molecular formula is C28H32N6O2. The van der Waals surface area contributed by atoms with E-state index >= 15 is 0 Å². The second kappa shape index (κ2) is 9.14. The minimum absolute atomic E-state index is 0.0526. The molecule has 4 heterocycles. The van der Waals surface area contributed by atoms with Crippen molar-refractivity contribution in [3.05, 3.63) is 59.7 Å². The number of carbonyl (C=O) groups excluding carboxylic acids is 2. The van der Waals surface area contributed by atoms with E-state index in [2.05, 4.69) is 47.8 Å². The van der Waals surface area contributed by atoms with Crippen LogP contribution in [0.3, 0.4) is 0 Å². The Morgan fingerprint density at radius 1 is 1.08 bits per heavy atom. The highest BCUT2D eigenvalue weighted by Gasteiger charge is 2.52. The second-order valence-electron chi connectivity index (χ2n) is 11.4. The summed E-state index contributed by atoms with van der Waals surface area (Å²) in [5, 5.41) is 10.1. The summed E-state index contributed by atoms with van der Waals surface area (Å²) < 4.78 is 2.03. The first kappa shape index (κ1) is 24.1. The molecule has 2 fully saturated rings. The van der Waals surface area contributed by atoms with Crippen molar-refractivity contribution in [2.75, 3.05) is 13.1 Å². The van der Waals surface area contributed by atoms with Crippen molar-refractivity contribution in [3.63, 3.8) is 0 Å². The van der Waals surface area contributed by atoms with Crippen LogP contribution in [0.15, 0.2) is 42.6 Å². The molecule has 2 aromatic heterocycles. The van der Waals surface area contributed by atoms with Gasteiger partial charge in [-0.2, -0.15) is 5.26 Å². The van der Waals surface area contributed by atoms with Crippen LogP contribution in [0.1, 0.15) is 57.1 Å². The molecule has 36 heavy (non-hydrogen) atoms. The number of nitriles is 1. The molecule has 0 aliphatic carbocycles. The van der Waals surface area contributed by atoms with Crippen LogP contribution in [0.4, 0.5) is 0 Å². The van der Waals surface area contributed by atoms with E-state index in [9.17, 15) is 14.9 Å². The maximum atomic E-state index is 13.7. The van der Waals surface area contributed by atoms with Crippen molar-refractivity contribution in [2.24, 2.45) is 10.8 Å². The van der Waals surface area contributed by atoms with Gasteiger partial charge in [-0.3, -0.25) is 19.4 Å². The van der Waals surface area contributed by atoms with Gasteiger partial charge in [0.25, 0.3) is 0 Å².